The summed E-state index contributed by atoms with van der Waals surface area (Å²) in [5.74, 6) is -0.00761. The zero-order valence-corrected chi connectivity index (χ0v) is 13.5. The Balaban J connectivity index is 1.94. The number of hydrogen-bond acceptors (Lipinski definition) is 2. The molecule has 0 aliphatic carbocycles. The van der Waals surface area contributed by atoms with Gasteiger partial charge in [0.05, 0.1) is 6.54 Å². The molecule has 1 atom stereocenters. The maximum absolute atomic E-state index is 12.2. The first-order valence-corrected chi connectivity index (χ1v) is 7.78. The first-order chi connectivity index (χ1) is 10.6. The molecule has 0 fully saturated rings. The van der Waals surface area contributed by atoms with Crippen molar-refractivity contribution in [3.8, 4) is 0 Å². The van der Waals surface area contributed by atoms with Gasteiger partial charge in [-0.25, -0.2) is 0 Å². The van der Waals surface area contributed by atoms with Crippen molar-refractivity contribution in [2.24, 2.45) is 0 Å². The average molecular weight is 296 g/mol. The highest BCUT2D eigenvalue weighted by Crippen LogP contribution is 2.21. The molecule has 2 N–H and O–H groups in total. The summed E-state index contributed by atoms with van der Waals surface area (Å²) in [7, 11) is 0. The third kappa shape index (κ3) is 4.18. The molecule has 0 bridgehead atoms. The monoisotopic (exact) mass is 296 g/mol. The standard InChI is InChI=1S/C19H24N2O/c1-4-16-12-8-9-14(2)19(16)21-18(22)13-20-15(3)17-10-6-5-7-11-17/h5-12,15,20H,4,13H2,1-3H3,(H,21,22). The summed E-state index contributed by atoms with van der Waals surface area (Å²) in [5.41, 5.74) is 4.40. The zero-order chi connectivity index (χ0) is 15.9. The van der Waals surface area contributed by atoms with Gasteiger partial charge in [-0.2, -0.15) is 0 Å². The lowest BCUT2D eigenvalue weighted by molar-refractivity contribution is -0.115. The van der Waals surface area contributed by atoms with Crippen LogP contribution in [0.1, 0.15) is 36.6 Å². The molecule has 2 aromatic rings. The maximum Gasteiger partial charge on any atom is 0.238 e. The number of para-hydroxylation sites is 1. The fourth-order valence-electron chi connectivity index (χ4n) is 2.49. The SMILES string of the molecule is CCc1cccc(C)c1NC(=O)CNC(C)c1ccccc1. The van der Waals surface area contributed by atoms with Crippen LogP contribution in [0, 0.1) is 6.92 Å². The van der Waals surface area contributed by atoms with Gasteiger partial charge in [0.25, 0.3) is 0 Å². The number of aryl methyl sites for hydroxylation is 2. The van der Waals surface area contributed by atoms with E-state index >= 15 is 0 Å². The van der Waals surface area contributed by atoms with Crippen molar-refractivity contribution in [2.45, 2.75) is 33.2 Å². The highest BCUT2D eigenvalue weighted by atomic mass is 16.1. The molecule has 0 aliphatic heterocycles. The summed E-state index contributed by atoms with van der Waals surface area (Å²) < 4.78 is 0. The quantitative estimate of drug-likeness (QED) is 0.850. The number of carbonyl (C=O) groups is 1. The maximum atomic E-state index is 12.2. The summed E-state index contributed by atoms with van der Waals surface area (Å²) >= 11 is 0. The van der Waals surface area contributed by atoms with Crippen molar-refractivity contribution in [1.29, 1.82) is 0 Å². The van der Waals surface area contributed by atoms with Crippen LogP contribution in [-0.2, 0) is 11.2 Å². The number of anilines is 1. The second kappa shape index (κ2) is 7.76. The molecule has 0 aliphatic rings. The number of carbonyl (C=O) groups excluding carboxylic acids is 1. The number of hydrogen-bond donors (Lipinski definition) is 2. The lowest BCUT2D eigenvalue weighted by Gasteiger charge is -2.16. The van der Waals surface area contributed by atoms with Crippen LogP contribution >= 0.6 is 0 Å². The Morgan fingerprint density at radius 1 is 1.09 bits per heavy atom. The molecule has 0 radical (unpaired) electrons. The number of rotatable bonds is 6. The number of amides is 1. The van der Waals surface area contributed by atoms with Gasteiger partial charge in [0.2, 0.25) is 5.91 Å². The Morgan fingerprint density at radius 3 is 2.50 bits per heavy atom. The normalized spacial score (nSPS) is 12.0. The Bertz CT molecular complexity index is 623. The summed E-state index contributed by atoms with van der Waals surface area (Å²) in [4.78, 5) is 12.2. The molecule has 0 heterocycles. The van der Waals surface area contributed by atoms with E-state index in [1.165, 1.54) is 11.1 Å². The summed E-state index contributed by atoms with van der Waals surface area (Å²) in [5, 5.41) is 6.30. The summed E-state index contributed by atoms with van der Waals surface area (Å²) in [6, 6.07) is 16.4. The third-order valence-corrected chi connectivity index (χ3v) is 3.87. The van der Waals surface area contributed by atoms with Crippen molar-refractivity contribution >= 4 is 11.6 Å². The molecule has 3 nitrogen and oxygen atoms in total. The molecule has 3 heteroatoms. The molecule has 2 rings (SSSR count). The van der Waals surface area contributed by atoms with Gasteiger partial charge in [0, 0.05) is 11.7 Å². The first kappa shape index (κ1) is 16.2. The number of benzene rings is 2. The average Bonchev–Trinajstić information content (AvgIpc) is 2.55. The molecule has 116 valence electrons. The molecule has 0 aromatic heterocycles. The van der Waals surface area contributed by atoms with Crippen molar-refractivity contribution in [1.82, 2.24) is 5.32 Å². The van der Waals surface area contributed by atoms with Crippen LogP contribution in [0.5, 0.6) is 0 Å². The van der Waals surface area contributed by atoms with Gasteiger partial charge in [0.1, 0.15) is 0 Å². The third-order valence-electron chi connectivity index (χ3n) is 3.87. The fraction of sp³-hybridized carbons (Fsp3) is 0.316. The van der Waals surface area contributed by atoms with E-state index in [-0.39, 0.29) is 11.9 Å². The Hall–Kier alpha value is -2.13. The summed E-state index contributed by atoms with van der Waals surface area (Å²) in [6.07, 6.45) is 0.908. The minimum absolute atomic E-state index is 0.00761. The van der Waals surface area contributed by atoms with E-state index in [9.17, 15) is 4.79 Å². The van der Waals surface area contributed by atoms with Crippen molar-refractivity contribution < 1.29 is 4.79 Å². The molecule has 1 unspecified atom stereocenters. The van der Waals surface area contributed by atoms with Gasteiger partial charge >= 0.3 is 0 Å². The van der Waals surface area contributed by atoms with Gasteiger partial charge in [-0.15, -0.1) is 0 Å². The highest BCUT2D eigenvalue weighted by Gasteiger charge is 2.10. The van der Waals surface area contributed by atoms with E-state index in [1.54, 1.807) is 0 Å². The van der Waals surface area contributed by atoms with Gasteiger partial charge in [-0.3, -0.25) is 4.79 Å². The zero-order valence-electron chi connectivity index (χ0n) is 13.5. The van der Waals surface area contributed by atoms with E-state index in [0.717, 1.165) is 17.7 Å². The Kier molecular flexibility index (Phi) is 5.73. The van der Waals surface area contributed by atoms with Crippen LogP contribution in [0.25, 0.3) is 0 Å². The topological polar surface area (TPSA) is 41.1 Å². The molecule has 0 saturated carbocycles. The Morgan fingerprint density at radius 2 is 1.82 bits per heavy atom. The van der Waals surface area contributed by atoms with Crippen molar-refractivity contribution in [2.75, 3.05) is 11.9 Å². The molecular formula is C19H24N2O. The van der Waals surface area contributed by atoms with Gasteiger partial charge in [0.15, 0.2) is 0 Å². The van der Waals surface area contributed by atoms with Gasteiger partial charge < -0.3 is 10.6 Å². The largest absolute Gasteiger partial charge is 0.324 e. The second-order valence-corrected chi connectivity index (χ2v) is 5.52. The minimum Gasteiger partial charge on any atom is -0.324 e. The summed E-state index contributed by atoms with van der Waals surface area (Å²) in [6.45, 7) is 6.48. The van der Waals surface area contributed by atoms with Crippen molar-refractivity contribution in [3.05, 3.63) is 65.2 Å². The van der Waals surface area contributed by atoms with Gasteiger partial charge in [-0.1, -0.05) is 55.5 Å². The van der Waals surface area contributed by atoms with Crippen LogP contribution in [0.3, 0.4) is 0 Å². The molecule has 1 amide bonds. The second-order valence-electron chi connectivity index (χ2n) is 5.52. The van der Waals surface area contributed by atoms with E-state index in [4.69, 9.17) is 0 Å². The van der Waals surface area contributed by atoms with Crippen LogP contribution in [0.2, 0.25) is 0 Å². The van der Waals surface area contributed by atoms with E-state index in [0.29, 0.717) is 6.54 Å². The molecule has 22 heavy (non-hydrogen) atoms. The van der Waals surface area contributed by atoms with Crippen LogP contribution in [0.15, 0.2) is 48.5 Å². The fourth-order valence-corrected chi connectivity index (χ4v) is 2.49. The lowest BCUT2D eigenvalue weighted by Crippen LogP contribution is -2.30. The van der Waals surface area contributed by atoms with E-state index in [2.05, 4.69) is 42.7 Å². The van der Waals surface area contributed by atoms with Crippen LogP contribution < -0.4 is 10.6 Å². The Labute approximate surface area is 132 Å². The smallest absolute Gasteiger partial charge is 0.238 e. The predicted octanol–water partition coefficient (Wildman–Crippen LogP) is 3.85. The highest BCUT2D eigenvalue weighted by molar-refractivity contribution is 5.93. The lowest BCUT2D eigenvalue weighted by atomic mass is 10.1. The van der Waals surface area contributed by atoms with E-state index < -0.39 is 0 Å². The molecule has 2 aromatic carbocycles. The molecule has 0 saturated heterocycles. The van der Waals surface area contributed by atoms with Crippen molar-refractivity contribution in [3.63, 3.8) is 0 Å². The predicted molar refractivity (Wildman–Crippen MR) is 92.0 cm³/mol. The minimum atomic E-state index is -0.00761. The molecular weight excluding hydrogens is 272 g/mol. The van der Waals surface area contributed by atoms with Crippen LogP contribution in [0.4, 0.5) is 5.69 Å². The number of nitrogens with one attached hydrogen (secondary N) is 2. The van der Waals surface area contributed by atoms with Gasteiger partial charge in [-0.05, 0) is 37.0 Å². The molecule has 0 spiro atoms. The van der Waals surface area contributed by atoms with Crippen LogP contribution in [-0.4, -0.2) is 12.5 Å². The van der Waals surface area contributed by atoms with E-state index in [1.807, 2.05) is 37.3 Å². The first-order valence-electron chi connectivity index (χ1n) is 7.78.